The first kappa shape index (κ1) is 20.9. The maximum absolute atomic E-state index is 6.02. The van der Waals surface area contributed by atoms with Crippen LogP contribution in [0.25, 0.3) is 22.6 Å². The number of imidazole rings is 1. The average Bonchev–Trinajstić information content (AvgIpc) is 3.25. The topological polar surface area (TPSA) is 68.5 Å². The fourth-order valence-electron chi connectivity index (χ4n) is 5.21. The van der Waals surface area contributed by atoms with Crippen molar-refractivity contribution in [2.24, 2.45) is 0 Å². The lowest BCUT2D eigenvalue weighted by Gasteiger charge is -2.30. The van der Waals surface area contributed by atoms with Crippen molar-refractivity contribution in [3.05, 3.63) is 30.1 Å². The predicted molar refractivity (Wildman–Crippen MR) is 129 cm³/mol. The normalized spacial score (nSPS) is 20.8. The molecule has 1 aromatic carbocycles. The van der Waals surface area contributed by atoms with Crippen LogP contribution in [0, 0.1) is 0 Å². The largest absolute Gasteiger partial charge is 0.378 e. The molecule has 3 aliphatic rings. The SMILES string of the molecule is CC1(C)OCCn2c1nc1c(N3CCOCC3)nc(-c3ccc(N4CCCCC4)cc3)nc12. The van der Waals surface area contributed by atoms with Crippen LogP contribution in [0.2, 0.25) is 0 Å². The van der Waals surface area contributed by atoms with Crippen molar-refractivity contribution in [2.45, 2.75) is 45.3 Å². The number of anilines is 2. The summed E-state index contributed by atoms with van der Waals surface area (Å²) in [6.45, 7) is 10.9. The van der Waals surface area contributed by atoms with Gasteiger partial charge in [-0.15, -0.1) is 0 Å². The Morgan fingerprint density at radius 2 is 1.55 bits per heavy atom. The van der Waals surface area contributed by atoms with E-state index >= 15 is 0 Å². The van der Waals surface area contributed by atoms with E-state index < -0.39 is 5.60 Å². The molecule has 2 saturated heterocycles. The molecule has 0 bridgehead atoms. The molecule has 0 saturated carbocycles. The van der Waals surface area contributed by atoms with Gasteiger partial charge in [0.15, 0.2) is 22.8 Å². The highest BCUT2D eigenvalue weighted by Gasteiger charge is 2.34. The van der Waals surface area contributed by atoms with Gasteiger partial charge < -0.3 is 23.8 Å². The van der Waals surface area contributed by atoms with Crippen molar-refractivity contribution in [2.75, 3.05) is 55.8 Å². The van der Waals surface area contributed by atoms with Crippen LogP contribution in [0.3, 0.4) is 0 Å². The van der Waals surface area contributed by atoms with Crippen molar-refractivity contribution in [1.29, 1.82) is 0 Å². The zero-order chi connectivity index (χ0) is 22.4. The molecule has 8 heteroatoms. The van der Waals surface area contributed by atoms with Gasteiger partial charge in [-0.1, -0.05) is 0 Å². The average molecular weight is 449 g/mol. The monoisotopic (exact) mass is 448 g/mol. The Bertz CT molecular complexity index is 1140. The third-order valence-electron chi connectivity index (χ3n) is 7.05. The number of rotatable bonds is 3. The zero-order valence-electron chi connectivity index (χ0n) is 19.6. The van der Waals surface area contributed by atoms with E-state index in [0.29, 0.717) is 19.8 Å². The van der Waals surface area contributed by atoms with Crippen molar-refractivity contribution in [1.82, 2.24) is 19.5 Å². The lowest BCUT2D eigenvalue weighted by Crippen LogP contribution is -2.37. The summed E-state index contributed by atoms with van der Waals surface area (Å²) in [6, 6.07) is 8.75. The van der Waals surface area contributed by atoms with Crippen LogP contribution in [0.5, 0.6) is 0 Å². The molecule has 6 rings (SSSR count). The van der Waals surface area contributed by atoms with Gasteiger partial charge in [0.05, 0.1) is 19.8 Å². The van der Waals surface area contributed by atoms with E-state index in [2.05, 4.69) is 52.5 Å². The van der Waals surface area contributed by atoms with Crippen molar-refractivity contribution in [3.63, 3.8) is 0 Å². The third-order valence-corrected chi connectivity index (χ3v) is 7.05. The summed E-state index contributed by atoms with van der Waals surface area (Å²) in [7, 11) is 0. The highest BCUT2D eigenvalue weighted by Crippen LogP contribution is 2.35. The number of piperidine rings is 1. The molecule has 0 atom stereocenters. The molecule has 2 aromatic heterocycles. The molecule has 3 aromatic rings. The van der Waals surface area contributed by atoms with Gasteiger partial charge >= 0.3 is 0 Å². The smallest absolute Gasteiger partial charge is 0.166 e. The van der Waals surface area contributed by atoms with Gasteiger partial charge in [0.25, 0.3) is 0 Å². The van der Waals surface area contributed by atoms with Gasteiger partial charge in [-0.25, -0.2) is 15.0 Å². The lowest BCUT2D eigenvalue weighted by molar-refractivity contribution is -0.0530. The second kappa shape index (κ2) is 8.25. The van der Waals surface area contributed by atoms with Gasteiger partial charge in [0.1, 0.15) is 11.4 Å². The molecule has 174 valence electrons. The van der Waals surface area contributed by atoms with Gasteiger partial charge in [-0.05, 0) is 57.4 Å². The number of benzene rings is 1. The quantitative estimate of drug-likeness (QED) is 0.607. The Balaban J connectivity index is 1.45. The van der Waals surface area contributed by atoms with Gasteiger partial charge in [-0.3, -0.25) is 0 Å². The number of hydrogen-bond donors (Lipinski definition) is 0. The van der Waals surface area contributed by atoms with Gasteiger partial charge in [-0.2, -0.15) is 0 Å². The van der Waals surface area contributed by atoms with E-state index in [0.717, 1.165) is 66.9 Å². The first-order valence-electron chi connectivity index (χ1n) is 12.2. The highest BCUT2D eigenvalue weighted by molar-refractivity contribution is 5.86. The fourth-order valence-corrected chi connectivity index (χ4v) is 5.21. The third kappa shape index (κ3) is 3.75. The standard InChI is InChI=1S/C25H32N6O2/c1-25(2)24-26-20-22(30-12-15-32-16-13-30)27-21(28-23(20)31(24)14-17-33-25)18-6-8-19(9-7-18)29-10-4-3-5-11-29/h6-9H,3-5,10-17H2,1-2H3. The summed E-state index contributed by atoms with van der Waals surface area (Å²) in [6.07, 6.45) is 3.89. The summed E-state index contributed by atoms with van der Waals surface area (Å²) in [5.74, 6) is 2.57. The van der Waals surface area contributed by atoms with Gasteiger partial charge in [0.2, 0.25) is 0 Å². The molecular formula is C25H32N6O2. The number of morpholine rings is 1. The second-order valence-electron chi connectivity index (χ2n) is 9.68. The Hall–Kier alpha value is -2.71. The van der Waals surface area contributed by atoms with Crippen molar-refractivity contribution >= 4 is 22.7 Å². The number of ether oxygens (including phenoxy) is 2. The predicted octanol–water partition coefficient (Wildman–Crippen LogP) is 3.59. The summed E-state index contributed by atoms with van der Waals surface area (Å²) >= 11 is 0. The van der Waals surface area contributed by atoms with E-state index in [-0.39, 0.29) is 0 Å². The number of nitrogens with zero attached hydrogens (tertiary/aromatic N) is 6. The Kier molecular flexibility index (Phi) is 5.22. The molecular weight excluding hydrogens is 416 g/mol. The molecule has 8 nitrogen and oxygen atoms in total. The summed E-state index contributed by atoms with van der Waals surface area (Å²) in [4.78, 5) is 19.9. The maximum Gasteiger partial charge on any atom is 0.166 e. The van der Waals surface area contributed by atoms with E-state index in [9.17, 15) is 0 Å². The molecule has 0 aliphatic carbocycles. The molecule has 3 aliphatic heterocycles. The van der Waals surface area contributed by atoms with Crippen LogP contribution in [-0.2, 0) is 21.6 Å². The Morgan fingerprint density at radius 1 is 0.788 bits per heavy atom. The molecule has 0 spiro atoms. The summed E-state index contributed by atoms with van der Waals surface area (Å²) in [5, 5.41) is 0. The van der Waals surface area contributed by atoms with Gasteiger partial charge in [0, 0.05) is 44.0 Å². The minimum atomic E-state index is -0.447. The van der Waals surface area contributed by atoms with Crippen LogP contribution in [-0.4, -0.2) is 65.5 Å². The summed E-state index contributed by atoms with van der Waals surface area (Å²) in [5.41, 5.74) is 3.63. The van der Waals surface area contributed by atoms with E-state index in [1.54, 1.807) is 0 Å². The lowest BCUT2D eigenvalue weighted by atomic mass is 10.1. The van der Waals surface area contributed by atoms with Crippen LogP contribution in [0.15, 0.2) is 24.3 Å². The maximum atomic E-state index is 6.02. The van der Waals surface area contributed by atoms with Crippen molar-refractivity contribution in [3.8, 4) is 11.4 Å². The molecule has 2 fully saturated rings. The number of aromatic nitrogens is 4. The molecule has 5 heterocycles. The molecule has 0 N–H and O–H groups in total. The number of fused-ring (bicyclic) bond motifs is 3. The van der Waals surface area contributed by atoms with Crippen LogP contribution in [0.4, 0.5) is 11.5 Å². The second-order valence-corrected chi connectivity index (χ2v) is 9.68. The van der Waals surface area contributed by atoms with E-state index in [1.807, 2.05) is 0 Å². The first-order chi connectivity index (χ1) is 16.1. The first-order valence-corrected chi connectivity index (χ1v) is 12.2. The fraction of sp³-hybridized carbons (Fsp3) is 0.560. The zero-order valence-corrected chi connectivity index (χ0v) is 19.6. The Labute approximate surface area is 194 Å². The van der Waals surface area contributed by atoms with E-state index in [1.165, 1.54) is 24.9 Å². The minimum absolute atomic E-state index is 0.447. The molecule has 0 unspecified atom stereocenters. The summed E-state index contributed by atoms with van der Waals surface area (Å²) < 4.78 is 13.8. The van der Waals surface area contributed by atoms with Crippen LogP contribution < -0.4 is 9.80 Å². The van der Waals surface area contributed by atoms with Crippen LogP contribution >= 0.6 is 0 Å². The molecule has 0 amide bonds. The Morgan fingerprint density at radius 3 is 2.30 bits per heavy atom. The van der Waals surface area contributed by atoms with E-state index in [4.69, 9.17) is 24.4 Å². The minimum Gasteiger partial charge on any atom is -0.378 e. The highest BCUT2D eigenvalue weighted by atomic mass is 16.5. The van der Waals surface area contributed by atoms with Crippen molar-refractivity contribution < 1.29 is 9.47 Å². The van der Waals surface area contributed by atoms with Crippen LogP contribution in [0.1, 0.15) is 38.9 Å². The molecule has 0 radical (unpaired) electrons. The number of hydrogen-bond acceptors (Lipinski definition) is 7. The molecule has 33 heavy (non-hydrogen) atoms.